The second-order valence-corrected chi connectivity index (χ2v) is 5.58. The van der Waals surface area contributed by atoms with E-state index in [1.54, 1.807) is 35.9 Å². The predicted molar refractivity (Wildman–Crippen MR) is 85.3 cm³/mol. The van der Waals surface area contributed by atoms with E-state index >= 15 is 0 Å². The summed E-state index contributed by atoms with van der Waals surface area (Å²) in [7, 11) is 1.75. The van der Waals surface area contributed by atoms with Gasteiger partial charge in [0.1, 0.15) is 0 Å². The normalized spacial score (nSPS) is 12.1. The summed E-state index contributed by atoms with van der Waals surface area (Å²) in [6.07, 6.45) is 1.34. The molecule has 1 heterocycles. The summed E-state index contributed by atoms with van der Waals surface area (Å²) in [5.41, 5.74) is 2.89. The lowest BCUT2D eigenvalue weighted by Gasteiger charge is -2.14. The molecule has 1 N–H and O–H groups in total. The van der Waals surface area contributed by atoms with Crippen LogP contribution in [-0.4, -0.2) is 21.4 Å². The Bertz CT molecular complexity index is 683. The highest BCUT2D eigenvalue weighted by Gasteiger charge is 2.24. The molecule has 4 nitrogen and oxygen atoms in total. The van der Waals surface area contributed by atoms with Crippen LogP contribution in [0.2, 0.25) is 0 Å². The number of carboxylic acid groups (broad SMARTS) is 1. The summed E-state index contributed by atoms with van der Waals surface area (Å²) in [4.78, 5) is 24.0. The second kappa shape index (κ2) is 6.60. The Morgan fingerprint density at radius 1 is 1.14 bits per heavy atom. The lowest BCUT2D eigenvalue weighted by molar-refractivity contribution is -0.139. The largest absolute Gasteiger partial charge is 0.481 e. The van der Waals surface area contributed by atoms with E-state index in [2.05, 4.69) is 0 Å². The number of hydrogen-bond donors (Lipinski definition) is 1. The lowest BCUT2D eigenvalue weighted by atomic mass is 10.0. The standard InChI is InChI=1S/C18H21NO3/c1-4-5-14(18(21)22)15-10-11-16(19(15)3)17(20)13-8-6-12(2)7-9-13/h6-11,14H,4-5H2,1-3H3,(H,21,22). The van der Waals surface area contributed by atoms with Crippen molar-refractivity contribution in [3.8, 4) is 0 Å². The fraction of sp³-hybridized carbons (Fsp3) is 0.333. The summed E-state index contributed by atoms with van der Waals surface area (Å²) in [6.45, 7) is 3.92. The van der Waals surface area contributed by atoms with Gasteiger partial charge in [0.2, 0.25) is 5.78 Å². The van der Waals surface area contributed by atoms with Crippen LogP contribution in [0.15, 0.2) is 36.4 Å². The first-order valence-corrected chi connectivity index (χ1v) is 7.45. The Labute approximate surface area is 130 Å². The molecule has 0 fully saturated rings. The van der Waals surface area contributed by atoms with Crippen LogP contribution < -0.4 is 0 Å². The minimum Gasteiger partial charge on any atom is -0.481 e. The molecule has 0 bridgehead atoms. The van der Waals surface area contributed by atoms with E-state index in [1.807, 2.05) is 26.0 Å². The molecule has 1 atom stereocenters. The number of rotatable bonds is 6. The number of aryl methyl sites for hydroxylation is 1. The van der Waals surface area contributed by atoms with Crippen molar-refractivity contribution < 1.29 is 14.7 Å². The maximum absolute atomic E-state index is 12.6. The molecule has 116 valence electrons. The summed E-state index contributed by atoms with van der Waals surface area (Å²) >= 11 is 0. The van der Waals surface area contributed by atoms with E-state index in [-0.39, 0.29) is 5.78 Å². The van der Waals surface area contributed by atoms with Crippen molar-refractivity contribution >= 4 is 11.8 Å². The molecule has 2 rings (SSSR count). The fourth-order valence-electron chi connectivity index (χ4n) is 2.64. The quantitative estimate of drug-likeness (QED) is 0.830. The number of ketones is 1. The molecule has 0 aliphatic heterocycles. The Hall–Kier alpha value is -2.36. The third-order valence-corrected chi connectivity index (χ3v) is 3.94. The van der Waals surface area contributed by atoms with Crippen LogP contribution in [0.1, 0.15) is 53.0 Å². The highest BCUT2D eigenvalue weighted by molar-refractivity contribution is 6.08. The van der Waals surface area contributed by atoms with Gasteiger partial charge in [-0.25, -0.2) is 0 Å². The molecule has 0 saturated carbocycles. The van der Waals surface area contributed by atoms with Crippen LogP contribution in [-0.2, 0) is 11.8 Å². The molecule has 4 heteroatoms. The van der Waals surface area contributed by atoms with E-state index in [9.17, 15) is 14.7 Å². The molecule has 0 radical (unpaired) electrons. The van der Waals surface area contributed by atoms with Crippen molar-refractivity contribution in [3.63, 3.8) is 0 Å². The number of nitrogens with zero attached hydrogens (tertiary/aromatic N) is 1. The Balaban J connectivity index is 2.36. The zero-order valence-corrected chi connectivity index (χ0v) is 13.2. The zero-order chi connectivity index (χ0) is 16.3. The van der Waals surface area contributed by atoms with Crippen molar-refractivity contribution in [2.75, 3.05) is 0 Å². The highest BCUT2D eigenvalue weighted by Crippen LogP contribution is 2.24. The highest BCUT2D eigenvalue weighted by atomic mass is 16.4. The van der Waals surface area contributed by atoms with Crippen molar-refractivity contribution in [1.82, 2.24) is 4.57 Å². The van der Waals surface area contributed by atoms with Gasteiger partial charge in [0.15, 0.2) is 0 Å². The maximum Gasteiger partial charge on any atom is 0.312 e. The van der Waals surface area contributed by atoms with Crippen LogP contribution in [0, 0.1) is 6.92 Å². The van der Waals surface area contributed by atoms with Gasteiger partial charge in [0, 0.05) is 18.3 Å². The molecule has 1 aromatic carbocycles. The van der Waals surface area contributed by atoms with Crippen LogP contribution in [0.5, 0.6) is 0 Å². The van der Waals surface area contributed by atoms with E-state index in [4.69, 9.17) is 0 Å². The van der Waals surface area contributed by atoms with Crippen LogP contribution in [0.4, 0.5) is 0 Å². The van der Waals surface area contributed by atoms with Gasteiger partial charge < -0.3 is 9.67 Å². The first kappa shape index (κ1) is 16.0. The molecule has 1 unspecified atom stereocenters. The summed E-state index contributed by atoms with van der Waals surface area (Å²) in [5, 5.41) is 9.38. The Morgan fingerprint density at radius 2 is 1.77 bits per heavy atom. The van der Waals surface area contributed by atoms with Crippen molar-refractivity contribution in [2.45, 2.75) is 32.6 Å². The number of aliphatic carboxylic acids is 1. The average Bonchev–Trinajstić information content (AvgIpc) is 2.86. The monoisotopic (exact) mass is 299 g/mol. The van der Waals surface area contributed by atoms with Gasteiger partial charge in [0.05, 0.1) is 11.6 Å². The number of benzene rings is 1. The fourth-order valence-corrected chi connectivity index (χ4v) is 2.64. The van der Waals surface area contributed by atoms with Gasteiger partial charge in [-0.1, -0.05) is 43.2 Å². The minimum atomic E-state index is -0.850. The topological polar surface area (TPSA) is 59.3 Å². The number of aromatic nitrogens is 1. The molecule has 0 amide bonds. The van der Waals surface area contributed by atoms with Gasteiger partial charge in [-0.3, -0.25) is 9.59 Å². The SMILES string of the molecule is CCCC(C(=O)O)c1ccc(C(=O)c2ccc(C)cc2)n1C. The van der Waals surface area contributed by atoms with E-state index in [0.717, 1.165) is 12.0 Å². The maximum atomic E-state index is 12.6. The average molecular weight is 299 g/mol. The first-order chi connectivity index (χ1) is 10.5. The minimum absolute atomic E-state index is 0.0885. The van der Waals surface area contributed by atoms with Crippen LogP contribution in [0.25, 0.3) is 0 Å². The smallest absolute Gasteiger partial charge is 0.312 e. The number of carbonyl (C=O) groups excluding carboxylic acids is 1. The lowest BCUT2D eigenvalue weighted by Crippen LogP contribution is -2.17. The van der Waals surface area contributed by atoms with Gasteiger partial charge >= 0.3 is 5.97 Å². The van der Waals surface area contributed by atoms with Crippen LogP contribution in [0.3, 0.4) is 0 Å². The van der Waals surface area contributed by atoms with Crippen molar-refractivity contribution in [1.29, 1.82) is 0 Å². The molecule has 2 aromatic rings. The molecule has 22 heavy (non-hydrogen) atoms. The molecule has 0 spiro atoms. The number of hydrogen-bond acceptors (Lipinski definition) is 2. The molecule has 0 aliphatic carbocycles. The first-order valence-electron chi connectivity index (χ1n) is 7.45. The molecule has 1 aromatic heterocycles. The number of carbonyl (C=O) groups is 2. The van der Waals surface area contributed by atoms with Crippen LogP contribution >= 0.6 is 0 Å². The second-order valence-electron chi connectivity index (χ2n) is 5.58. The van der Waals surface area contributed by atoms with Crippen molar-refractivity contribution in [2.24, 2.45) is 7.05 Å². The van der Waals surface area contributed by atoms with Gasteiger partial charge in [-0.2, -0.15) is 0 Å². The summed E-state index contributed by atoms with van der Waals surface area (Å²) in [6, 6.07) is 10.8. The van der Waals surface area contributed by atoms with Crippen molar-refractivity contribution in [3.05, 3.63) is 58.9 Å². The van der Waals surface area contributed by atoms with Gasteiger partial charge in [-0.15, -0.1) is 0 Å². The number of carboxylic acids is 1. The summed E-state index contributed by atoms with van der Waals surface area (Å²) in [5.74, 6) is -1.51. The van der Waals surface area contributed by atoms with E-state index in [1.165, 1.54) is 0 Å². The summed E-state index contributed by atoms with van der Waals surface area (Å²) < 4.78 is 1.70. The molecular weight excluding hydrogens is 278 g/mol. The molecule has 0 saturated heterocycles. The zero-order valence-electron chi connectivity index (χ0n) is 13.2. The van der Waals surface area contributed by atoms with Gasteiger partial charge in [-0.05, 0) is 25.5 Å². The predicted octanol–water partition coefficient (Wildman–Crippen LogP) is 3.53. The Morgan fingerprint density at radius 3 is 2.32 bits per heavy atom. The van der Waals surface area contributed by atoms with E-state index < -0.39 is 11.9 Å². The third kappa shape index (κ3) is 3.11. The Kier molecular flexibility index (Phi) is 4.81. The third-order valence-electron chi connectivity index (χ3n) is 3.94. The van der Waals surface area contributed by atoms with E-state index in [0.29, 0.717) is 23.4 Å². The van der Waals surface area contributed by atoms with Gasteiger partial charge in [0.25, 0.3) is 0 Å². The molecular formula is C18H21NO3. The molecule has 0 aliphatic rings.